The summed E-state index contributed by atoms with van der Waals surface area (Å²) in [5.74, 6) is 0.975. The summed E-state index contributed by atoms with van der Waals surface area (Å²) in [5.41, 5.74) is 1.26. The van der Waals surface area contributed by atoms with Gasteiger partial charge in [-0.1, -0.05) is 61.9 Å². The van der Waals surface area contributed by atoms with Crippen molar-refractivity contribution in [2.75, 3.05) is 32.7 Å². The molecule has 3 heterocycles. The highest BCUT2D eigenvalue weighted by molar-refractivity contribution is 7.10. The van der Waals surface area contributed by atoms with Gasteiger partial charge in [0.25, 0.3) is 0 Å². The Bertz CT molecular complexity index is 897. The fourth-order valence-electron chi connectivity index (χ4n) is 3.90. The number of piperazine rings is 1. The second-order valence-electron chi connectivity index (χ2n) is 7.68. The number of aromatic nitrogens is 4. The maximum Gasteiger partial charge on any atom is 0.173 e. The lowest BCUT2D eigenvalue weighted by Crippen LogP contribution is -2.48. The molecule has 158 valence electrons. The summed E-state index contributed by atoms with van der Waals surface area (Å²) in [6.07, 6.45) is 6.71. The summed E-state index contributed by atoms with van der Waals surface area (Å²) < 4.78 is 2.00. The number of tetrazole rings is 1. The average Bonchev–Trinajstić information content (AvgIpc) is 3.47. The summed E-state index contributed by atoms with van der Waals surface area (Å²) >= 11 is 1.79. The van der Waals surface area contributed by atoms with Crippen molar-refractivity contribution in [1.29, 1.82) is 0 Å². The third-order valence-electron chi connectivity index (χ3n) is 5.59. The minimum Gasteiger partial charge on any atom is -0.297 e. The topological polar surface area (TPSA) is 50.1 Å². The fourth-order valence-corrected chi connectivity index (χ4v) is 4.75. The van der Waals surface area contributed by atoms with Gasteiger partial charge < -0.3 is 0 Å². The quantitative estimate of drug-likeness (QED) is 0.522. The molecule has 0 radical (unpaired) electrons. The highest BCUT2D eigenvalue weighted by Crippen LogP contribution is 2.31. The Morgan fingerprint density at radius 3 is 2.63 bits per heavy atom. The molecule has 7 heteroatoms. The molecule has 1 aromatic carbocycles. The molecule has 2 aromatic heterocycles. The zero-order chi connectivity index (χ0) is 20.6. The third kappa shape index (κ3) is 5.22. The SMILES string of the molecule is CCCCn1nnnc1C(c1cccs1)N1CCN(C/C=C/c2ccccc2)CC1. The second kappa shape index (κ2) is 10.6. The molecule has 6 nitrogen and oxygen atoms in total. The first kappa shape index (κ1) is 20.9. The van der Waals surface area contributed by atoms with E-state index in [1.165, 1.54) is 10.4 Å². The summed E-state index contributed by atoms with van der Waals surface area (Å²) in [7, 11) is 0. The first-order chi connectivity index (χ1) is 14.8. The minimum atomic E-state index is 0.138. The largest absolute Gasteiger partial charge is 0.297 e. The van der Waals surface area contributed by atoms with E-state index < -0.39 is 0 Å². The van der Waals surface area contributed by atoms with Crippen LogP contribution in [-0.4, -0.2) is 62.7 Å². The smallest absolute Gasteiger partial charge is 0.173 e. The molecular formula is C23H30N6S. The number of rotatable bonds is 9. The van der Waals surface area contributed by atoms with E-state index in [9.17, 15) is 0 Å². The Morgan fingerprint density at radius 1 is 1.07 bits per heavy atom. The van der Waals surface area contributed by atoms with Crippen molar-refractivity contribution < 1.29 is 0 Å². The maximum atomic E-state index is 4.44. The standard InChI is InChI=1S/C23H30N6S/c1-2-3-14-29-23(24-25-26-29)22(21-12-8-19-30-21)28-17-15-27(16-18-28)13-7-11-20-9-5-4-6-10-20/h4-12,19,22H,2-3,13-18H2,1H3/b11-7+. The van der Waals surface area contributed by atoms with Crippen LogP contribution < -0.4 is 0 Å². The number of nitrogens with zero attached hydrogens (tertiary/aromatic N) is 6. The molecule has 1 aliphatic rings. The molecule has 0 spiro atoms. The predicted molar refractivity (Wildman–Crippen MR) is 122 cm³/mol. The van der Waals surface area contributed by atoms with Crippen molar-refractivity contribution in [1.82, 2.24) is 30.0 Å². The Morgan fingerprint density at radius 2 is 1.90 bits per heavy atom. The van der Waals surface area contributed by atoms with Gasteiger partial charge in [0.2, 0.25) is 0 Å². The van der Waals surface area contributed by atoms with Crippen LogP contribution in [-0.2, 0) is 6.54 Å². The van der Waals surface area contributed by atoms with Crippen LogP contribution in [0.1, 0.15) is 42.1 Å². The molecule has 1 unspecified atom stereocenters. The van der Waals surface area contributed by atoms with Crippen LogP contribution in [0.3, 0.4) is 0 Å². The third-order valence-corrected chi connectivity index (χ3v) is 6.51. The maximum absolute atomic E-state index is 4.44. The molecule has 1 atom stereocenters. The molecule has 0 saturated carbocycles. The number of benzene rings is 1. The zero-order valence-corrected chi connectivity index (χ0v) is 18.4. The van der Waals surface area contributed by atoms with Gasteiger partial charge in [-0.25, -0.2) is 4.68 Å². The number of aryl methyl sites for hydroxylation is 1. The van der Waals surface area contributed by atoms with Gasteiger partial charge in [-0.2, -0.15) is 0 Å². The summed E-state index contributed by atoms with van der Waals surface area (Å²) in [6.45, 7) is 8.21. The van der Waals surface area contributed by atoms with E-state index in [-0.39, 0.29) is 6.04 Å². The van der Waals surface area contributed by atoms with E-state index in [0.29, 0.717) is 0 Å². The Labute approximate surface area is 182 Å². The Hall–Kier alpha value is -2.35. The molecule has 3 aromatic rings. The predicted octanol–water partition coefficient (Wildman–Crippen LogP) is 3.96. The van der Waals surface area contributed by atoms with Crippen molar-refractivity contribution in [2.24, 2.45) is 0 Å². The van der Waals surface area contributed by atoms with Crippen LogP contribution in [0.5, 0.6) is 0 Å². The number of thiophene rings is 1. The van der Waals surface area contributed by atoms with E-state index in [1.54, 1.807) is 11.3 Å². The average molecular weight is 423 g/mol. The normalized spacial score (nSPS) is 17.0. The van der Waals surface area contributed by atoms with Gasteiger partial charge in [-0.3, -0.25) is 9.80 Å². The number of hydrogen-bond donors (Lipinski definition) is 0. The van der Waals surface area contributed by atoms with Crippen molar-refractivity contribution in [2.45, 2.75) is 32.4 Å². The van der Waals surface area contributed by atoms with E-state index >= 15 is 0 Å². The molecule has 0 N–H and O–H groups in total. The van der Waals surface area contributed by atoms with Crippen molar-refractivity contribution in [3.63, 3.8) is 0 Å². The van der Waals surface area contributed by atoms with E-state index in [1.807, 2.05) is 4.68 Å². The van der Waals surface area contributed by atoms with Gasteiger partial charge in [-0.15, -0.1) is 16.4 Å². The second-order valence-corrected chi connectivity index (χ2v) is 8.66. The molecule has 1 aliphatic heterocycles. The molecular weight excluding hydrogens is 392 g/mol. The Kier molecular flexibility index (Phi) is 7.39. The van der Waals surface area contributed by atoms with Crippen LogP contribution >= 0.6 is 11.3 Å². The van der Waals surface area contributed by atoms with Crippen molar-refractivity contribution in [3.05, 3.63) is 70.2 Å². The summed E-state index contributed by atoms with van der Waals surface area (Å²) in [5, 5.41) is 14.9. The summed E-state index contributed by atoms with van der Waals surface area (Å²) in [6, 6.07) is 15.0. The van der Waals surface area contributed by atoms with Crippen LogP contribution in [0, 0.1) is 0 Å². The van der Waals surface area contributed by atoms with Crippen molar-refractivity contribution in [3.8, 4) is 0 Å². The molecule has 1 saturated heterocycles. The van der Waals surface area contributed by atoms with Crippen LogP contribution in [0.2, 0.25) is 0 Å². The number of unbranched alkanes of at least 4 members (excludes halogenated alkanes) is 1. The Balaban J connectivity index is 1.40. The zero-order valence-electron chi connectivity index (χ0n) is 17.6. The molecule has 0 amide bonds. The number of hydrogen-bond acceptors (Lipinski definition) is 6. The van der Waals surface area contributed by atoms with E-state index in [2.05, 4.69) is 92.2 Å². The van der Waals surface area contributed by atoms with Crippen LogP contribution in [0.25, 0.3) is 6.08 Å². The lowest BCUT2D eigenvalue weighted by molar-refractivity contribution is 0.114. The summed E-state index contributed by atoms with van der Waals surface area (Å²) in [4.78, 5) is 6.37. The van der Waals surface area contributed by atoms with Gasteiger partial charge in [0, 0.05) is 44.1 Å². The first-order valence-corrected chi connectivity index (χ1v) is 11.7. The molecule has 0 bridgehead atoms. The minimum absolute atomic E-state index is 0.138. The lowest BCUT2D eigenvalue weighted by atomic mass is 10.1. The van der Waals surface area contributed by atoms with Gasteiger partial charge in [0.05, 0.1) is 0 Å². The molecule has 30 heavy (non-hydrogen) atoms. The molecule has 1 fully saturated rings. The van der Waals surface area contributed by atoms with Gasteiger partial charge in [0.1, 0.15) is 6.04 Å². The van der Waals surface area contributed by atoms with Gasteiger partial charge >= 0.3 is 0 Å². The first-order valence-electron chi connectivity index (χ1n) is 10.8. The monoisotopic (exact) mass is 422 g/mol. The van der Waals surface area contributed by atoms with E-state index in [4.69, 9.17) is 0 Å². The van der Waals surface area contributed by atoms with Crippen LogP contribution in [0.15, 0.2) is 53.9 Å². The van der Waals surface area contributed by atoms with Gasteiger partial charge in [0.15, 0.2) is 5.82 Å². The molecule has 4 rings (SSSR count). The highest BCUT2D eigenvalue weighted by atomic mass is 32.1. The highest BCUT2D eigenvalue weighted by Gasteiger charge is 2.30. The fraction of sp³-hybridized carbons (Fsp3) is 0.435. The van der Waals surface area contributed by atoms with E-state index in [0.717, 1.165) is 57.9 Å². The van der Waals surface area contributed by atoms with Crippen LogP contribution in [0.4, 0.5) is 0 Å². The van der Waals surface area contributed by atoms with Gasteiger partial charge in [-0.05, 0) is 33.9 Å². The molecule has 0 aliphatic carbocycles. The lowest BCUT2D eigenvalue weighted by Gasteiger charge is -2.38. The van der Waals surface area contributed by atoms with Crippen molar-refractivity contribution >= 4 is 17.4 Å².